The van der Waals surface area contributed by atoms with E-state index in [9.17, 15) is 12.8 Å². The van der Waals surface area contributed by atoms with Gasteiger partial charge in [-0.15, -0.1) is 0 Å². The summed E-state index contributed by atoms with van der Waals surface area (Å²) in [4.78, 5) is 0.0722. The number of nitrogens with zero attached hydrogens (tertiary/aromatic N) is 1. The highest BCUT2D eigenvalue weighted by atomic mass is 32.2. The van der Waals surface area contributed by atoms with E-state index in [4.69, 9.17) is 5.11 Å². The van der Waals surface area contributed by atoms with Crippen molar-refractivity contribution in [3.8, 4) is 0 Å². The molecule has 0 aromatic heterocycles. The quantitative estimate of drug-likeness (QED) is 0.925. The van der Waals surface area contributed by atoms with E-state index in [2.05, 4.69) is 0 Å². The van der Waals surface area contributed by atoms with Gasteiger partial charge in [0.1, 0.15) is 5.82 Å². The average molecular weight is 299 g/mol. The Morgan fingerprint density at radius 2 is 1.90 bits per heavy atom. The number of sulfonamides is 1. The molecule has 0 bridgehead atoms. The van der Waals surface area contributed by atoms with Gasteiger partial charge in [0.05, 0.1) is 11.5 Å². The van der Waals surface area contributed by atoms with Crippen molar-refractivity contribution in [2.75, 3.05) is 13.1 Å². The number of hydrogen-bond acceptors (Lipinski definition) is 3. The van der Waals surface area contributed by atoms with Gasteiger partial charge in [-0.3, -0.25) is 0 Å². The summed E-state index contributed by atoms with van der Waals surface area (Å²) >= 11 is 0. The van der Waals surface area contributed by atoms with Gasteiger partial charge in [-0.25, -0.2) is 12.8 Å². The second kappa shape index (κ2) is 5.09. The van der Waals surface area contributed by atoms with Gasteiger partial charge in [0, 0.05) is 18.7 Å². The van der Waals surface area contributed by atoms with E-state index in [-0.39, 0.29) is 10.5 Å². The Kier molecular flexibility index (Phi) is 3.56. The van der Waals surface area contributed by atoms with E-state index < -0.39 is 22.4 Å². The molecule has 0 spiro atoms. The fourth-order valence-electron chi connectivity index (χ4n) is 3.37. The van der Waals surface area contributed by atoms with Gasteiger partial charge in [0.2, 0.25) is 10.0 Å². The molecule has 0 amide bonds. The highest BCUT2D eigenvalue weighted by Gasteiger charge is 2.41. The maximum absolute atomic E-state index is 13.4. The summed E-state index contributed by atoms with van der Waals surface area (Å²) in [5, 5.41) is 9.06. The van der Waals surface area contributed by atoms with Crippen molar-refractivity contribution in [3.05, 3.63) is 29.6 Å². The minimum atomic E-state index is -3.57. The van der Waals surface area contributed by atoms with Crippen LogP contribution in [0.25, 0.3) is 0 Å². The van der Waals surface area contributed by atoms with Crippen LogP contribution in [0.2, 0.25) is 0 Å². The van der Waals surface area contributed by atoms with Gasteiger partial charge < -0.3 is 5.11 Å². The summed E-state index contributed by atoms with van der Waals surface area (Å²) in [5.74, 6) is 0.370. The van der Waals surface area contributed by atoms with Crippen molar-refractivity contribution in [1.82, 2.24) is 4.31 Å². The lowest BCUT2D eigenvalue weighted by molar-refractivity contribution is 0.275. The number of halogens is 1. The van der Waals surface area contributed by atoms with Crippen molar-refractivity contribution in [2.24, 2.45) is 11.8 Å². The van der Waals surface area contributed by atoms with E-state index in [1.807, 2.05) is 0 Å². The van der Waals surface area contributed by atoms with Gasteiger partial charge >= 0.3 is 0 Å². The molecule has 3 rings (SSSR count). The highest BCUT2D eigenvalue weighted by molar-refractivity contribution is 7.89. The van der Waals surface area contributed by atoms with Crippen LogP contribution in [-0.4, -0.2) is 30.9 Å². The molecule has 1 aromatic rings. The fraction of sp³-hybridized carbons (Fsp3) is 0.571. The summed E-state index contributed by atoms with van der Waals surface area (Å²) in [6.07, 6.45) is 3.39. The number of fused-ring (bicyclic) bond motifs is 1. The zero-order chi connectivity index (χ0) is 14.3. The Morgan fingerprint density at radius 1 is 1.25 bits per heavy atom. The van der Waals surface area contributed by atoms with Crippen molar-refractivity contribution >= 4 is 10.0 Å². The van der Waals surface area contributed by atoms with E-state index in [0.29, 0.717) is 24.9 Å². The minimum Gasteiger partial charge on any atom is -0.392 e. The smallest absolute Gasteiger partial charge is 0.243 e. The number of aliphatic hydroxyl groups is 1. The van der Waals surface area contributed by atoms with Crippen LogP contribution in [0.4, 0.5) is 4.39 Å². The van der Waals surface area contributed by atoms with E-state index >= 15 is 0 Å². The lowest BCUT2D eigenvalue weighted by atomic mass is 10.0. The summed E-state index contributed by atoms with van der Waals surface area (Å²) in [6.45, 7) is 0.637. The zero-order valence-corrected chi connectivity index (χ0v) is 11.9. The molecule has 1 aromatic carbocycles. The Hall–Kier alpha value is -0.980. The molecule has 2 fully saturated rings. The molecule has 110 valence electrons. The maximum Gasteiger partial charge on any atom is 0.243 e. The Morgan fingerprint density at radius 3 is 2.50 bits per heavy atom. The van der Waals surface area contributed by atoms with Crippen LogP contribution in [-0.2, 0) is 16.6 Å². The molecule has 1 heterocycles. The Bertz CT molecular complexity index is 605. The third-order valence-electron chi connectivity index (χ3n) is 4.52. The molecule has 20 heavy (non-hydrogen) atoms. The predicted molar refractivity (Wildman–Crippen MR) is 71.9 cm³/mol. The first-order valence-corrected chi connectivity index (χ1v) is 8.36. The minimum absolute atomic E-state index is 0.0190. The average Bonchev–Trinajstić information content (AvgIpc) is 2.99. The third-order valence-corrected chi connectivity index (χ3v) is 6.35. The molecular formula is C14H18FNO3S. The first-order valence-electron chi connectivity index (χ1n) is 6.92. The van der Waals surface area contributed by atoms with Gasteiger partial charge in [0.25, 0.3) is 0 Å². The van der Waals surface area contributed by atoms with Gasteiger partial charge in [-0.2, -0.15) is 4.31 Å². The van der Waals surface area contributed by atoms with Crippen molar-refractivity contribution in [2.45, 2.75) is 30.8 Å². The van der Waals surface area contributed by atoms with Crippen LogP contribution in [0.3, 0.4) is 0 Å². The molecule has 6 heteroatoms. The van der Waals surface area contributed by atoms with Crippen LogP contribution < -0.4 is 0 Å². The number of hydrogen-bond donors (Lipinski definition) is 1. The van der Waals surface area contributed by atoms with E-state index in [1.54, 1.807) is 0 Å². The third kappa shape index (κ3) is 2.25. The lowest BCUT2D eigenvalue weighted by Gasteiger charge is -2.17. The molecule has 1 aliphatic carbocycles. The summed E-state index contributed by atoms with van der Waals surface area (Å²) < 4.78 is 40.0. The molecule has 1 saturated heterocycles. The van der Waals surface area contributed by atoms with Crippen molar-refractivity contribution in [1.29, 1.82) is 0 Å². The molecule has 1 aliphatic heterocycles. The molecule has 1 N–H and O–H groups in total. The molecule has 2 aliphatic rings. The summed E-state index contributed by atoms with van der Waals surface area (Å²) in [5.41, 5.74) is 0.0190. The molecule has 2 atom stereocenters. The van der Waals surface area contributed by atoms with Crippen LogP contribution >= 0.6 is 0 Å². The van der Waals surface area contributed by atoms with Gasteiger partial charge in [0.15, 0.2) is 0 Å². The first-order chi connectivity index (χ1) is 9.52. The normalized spacial score (nSPS) is 26.9. The maximum atomic E-state index is 13.4. The topological polar surface area (TPSA) is 57.6 Å². The monoisotopic (exact) mass is 299 g/mol. The molecule has 2 unspecified atom stereocenters. The summed E-state index contributed by atoms with van der Waals surface area (Å²) in [6, 6.07) is 3.62. The Labute approximate surface area is 118 Å². The second-order valence-electron chi connectivity index (χ2n) is 5.68. The number of rotatable bonds is 3. The van der Waals surface area contributed by atoms with Crippen molar-refractivity contribution < 1.29 is 17.9 Å². The van der Waals surface area contributed by atoms with Crippen LogP contribution in [0.1, 0.15) is 24.8 Å². The summed E-state index contributed by atoms with van der Waals surface area (Å²) in [7, 11) is -3.57. The molecule has 1 saturated carbocycles. The number of aliphatic hydroxyl groups excluding tert-OH is 1. The van der Waals surface area contributed by atoms with Crippen LogP contribution in [0.15, 0.2) is 23.1 Å². The Balaban J connectivity index is 1.89. The number of benzene rings is 1. The highest BCUT2D eigenvalue weighted by Crippen LogP contribution is 2.39. The second-order valence-corrected chi connectivity index (χ2v) is 7.62. The van der Waals surface area contributed by atoms with Crippen LogP contribution in [0.5, 0.6) is 0 Å². The molecule has 0 radical (unpaired) electrons. The van der Waals surface area contributed by atoms with Gasteiger partial charge in [-0.1, -0.05) is 6.42 Å². The molecular weight excluding hydrogens is 281 g/mol. The fourth-order valence-corrected chi connectivity index (χ4v) is 4.97. The first kappa shape index (κ1) is 14.0. The van der Waals surface area contributed by atoms with Crippen LogP contribution in [0, 0.1) is 17.7 Å². The lowest BCUT2D eigenvalue weighted by Crippen LogP contribution is -2.29. The largest absolute Gasteiger partial charge is 0.392 e. The SMILES string of the molecule is O=S(=O)(c1ccc(F)c(CO)c1)N1CC2CCCC2C1. The van der Waals surface area contributed by atoms with Gasteiger partial charge in [-0.05, 0) is 42.9 Å². The van der Waals surface area contributed by atoms with E-state index in [0.717, 1.165) is 18.9 Å². The standard InChI is InChI=1S/C14H18FNO3S/c15-14-5-4-13(6-12(14)9-17)20(18,19)16-7-10-2-1-3-11(10)8-16/h4-6,10-11,17H,1-3,7-9H2. The van der Waals surface area contributed by atoms with Crippen molar-refractivity contribution in [3.63, 3.8) is 0 Å². The van der Waals surface area contributed by atoms with E-state index in [1.165, 1.54) is 22.9 Å². The molecule has 4 nitrogen and oxygen atoms in total. The zero-order valence-electron chi connectivity index (χ0n) is 11.1. The predicted octanol–water partition coefficient (Wildman–Crippen LogP) is 1.74.